The Kier molecular flexibility index (Phi) is 7.54. The molecule has 0 radical (unpaired) electrons. The largest absolute Gasteiger partial charge is 0.394 e. The number of aromatic nitrogens is 6. The lowest BCUT2D eigenvalue weighted by Gasteiger charge is -2.18. The van der Waals surface area contributed by atoms with Crippen LogP contribution in [0.25, 0.3) is 22.6 Å². The highest BCUT2D eigenvalue weighted by Gasteiger charge is 2.23. The first-order chi connectivity index (χ1) is 18.1. The number of aliphatic hydroxyl groups is 1. The molecule has 5 rings (SSSR count). The van der Waals surface area contributed by atoms with E-state index in [4.69, 9.17) is 19.4 Å². The molecule has 4 aromatic rings. The van der Waals surface area contributed by atoms with Crippen LogP contribution in [0.15, 0.2) is 43.0 Å². The lowest BCUT2D eigenvalue weighted by atomic mass is 10.1. The summed E-state index contributed by atoms with van der Waals surface area (Å²) in [5, 5.41) is 16.3. The second-order valence-corrected chi connectivity index (χ2v) is 9.16. The average Bonchev–Trinajstić information content (AvgIpc) is 3.61. The molecule has 37 heavy (non-hydrogen) atoms. The van der Waals surface area contributed by atoms with E-state index in [1.54, 1.807) is 12.5 Å². The Bertz CT molecular complexity index is 1330. The number of imidazole rings is 1. The van der Waals surface area contributed by atoms with Crippen molar-refractivity contribution in [3.63, 3.8) is 0 Å². The van der Waals surface area contributed by atoms with E-state index >= 15 is 0 Å². The molecule has 0 amide bonds. The highest BCUT2D eigenvalue weighted by Crippen LogP contribution is 2.30. The van der Waals surface area contributed by atoms with Gasteiger partial charge < -0.3 is 29.8 Å². The smallest absolute Gasteiger partial charge is 0.227 e. The monoisotopic (exact) mass is 504 g/mol. The number of rotatable bonds is 10. The zero-order chi connectivity index (χ0) is 25.8. The Balaban J connectivity index is 1.48. The van der Waals surface area contributed by atoms with E-state index in [0.29, 0.717) is 42.7 Å². The number of anilines is 2. The first-order valence-corrected chi connectivity index (χ1v) is 12.6. The van der Waals surface area contributed by atoms with Crippen LogP contribution in [0.3, 0.4) is 0 Å². The van der Waals surface area contributed by atoms with Crippen molar-refractivity contribution < 1.29 is 14.6 Å². The zero-order valence-corrected chi connectivity index (χ0v) is 21.3. The maximum Gasteiger partial charge on any atom is 0.227 e. The van der Waals surface area contributed by atoms with Gasteiger partial charge in [-0.05, 0) is 44.0 Å². The average molecular weight is 505 g/mol. The van der Waals surface area contributed by atoms with Crippen LogP contribution >= 0.6 is 0 Å². The molecule has 3 N–H and O–H groups in total. The van der Waals surface area contributed by atoms with Gasteiger partial charge in [-0.1, -0.05) is 13.0 Å². The Morgan fingerprint density at radius 3 is 2.65 bits per heavy atom. The van der Waals surface area contributed by atoms with Crippen molar-refractivity contribution in [2.24, 2.45) is 0 Å². The van der Waals surface area contributed by atoms with E-state index in [2.05, 4.69) is 39.4 Å². The van der Waals surface area contributed by atoms with Crippen molar-refractivity contribution in [1.82, 2.24) is 29.5 Å². The van der Waals surface area contributed by atoms with Gasteiger partial charge in [0.1, 0.15) is 0 Å². The second-order valence-electron chi connectivity index (χ2n) is 9.16. The fourth-order valence-corrected chi connectivity index (χ4v) is 4.18. The number of fused-ring (bicyclic) bond motifs is 1. The topological polar surface area (TPSA) is 132 Å². The Hall–Kier alpha value is -3.67. The lowest BCUT2D eigenvalue weighted by molar-refractivity contribution is -0.0446. The van der Waals surface area contributed by atoms with E-state index in [1.807, 2.05) is 42.0 Å². The molecule has 0 saturated carbocycles. The van der Waals surface area contributed by atoms with Crippen molar-refractivity contribution in [1.29, 1.82) is 0 Å². The second kappa shape index (κ2) is 11.2. The fraction of sp³-hybridized carbons (Fsp3) is 0.423. The summed E-state index contributed by atoms with van der Waals surface area (Å²) < 4.78 is 13.7. The van der Waals surface area contributed by atoms with Crippen LogP contribution in [-0.2, 0) is 16.0 Å². The highest BCUT2D eigenvalue weighted by atomic mass is 16.7. The lowest BCUT2D eigenvalue weighted by Crippen LogP contribution is -2.24. The van der Waals surface area contributed by atoms with Crippen LogP contribution in [0, 0.1) is 0 Å². The molecule has 1 saturated heterocycles. The molecule has 1 aliphatic heterocycles. The molecule has 1 fully saturated rings. The fourth-order valence-electron chi connectivity index (χ4n) is 4.18. The van der Waals surface area contributed by atoms with Crippen molar-refractivity contribution in [3.05, 3.63) is 54.1 Å². The number of ether oxygens (including phenoxy) is 2. The molecule has 4 aromatic heterocycles. The molecule has 0 unspecified atom stereocenters. The van der Waals surface area contributed by atoms with Crippen molar-refractivity contribution in [2.75, 3.05) is 30.5 Å². The summed E-state index contributed by atoms with van der Waals surface area (Å²) >= 11 is 0. The molecule has 1 aliphatic rings. The van der Waals surface area contributed by atoms with Gasteiger partial charge in [-0.2, -0.15) is 9.97 Å². The standard InChI is InChI=1S/C26H32N8O3/c1-4-18(14-35)31-26-32-23(22-24(33-26)34(15-30-22)16(2)3)29-13-17-12-28-21(20-7-5-6-8-27-20)11-19(17)25-36-9-10-37-25/h5-8,11-12,15-16,18,25,35H,4,9-10,13-14H2,1-3H3,(H2,29,31,32,33)/t18-/m1/s1. The van der Waals surface area contributed by atoms with Gasteiger partial charge in [-0.15, -0.1) is 0 Å². The molecular weight excluding hydrogens is 472 g/mol. The minimum Gasteiger partial charge on any atom is -0.394 e. The predicted molar refractivity (Wildman–Crippen MR) is 140 cm³/mol. The minimum absolute atomic E-state index is 0.0108. The maximum absolute atomic E-state index is 9.68. The Morgan fingerprint density at radius 1 is 1.11 bits per heavy atom. The Morgan fingerprint density at radius 2 is 1.95 bits per heavy atom. The first kappa shape index (κ1) is 25.0. The van der Waals surface area contributed by atoms with Crippen LogP contribution in [0.4, 0.5) is 11.8 Å². The molecule has 11 heteroatoms. The van der Waals surface area contributed by atoms with Crippen LogP contribution < -0.4 is 10.6 Å². The molecule has 0 bridgehead atoms. The molecule has 0 aliphatic carbocycles. The summed E-state index contributed by atoms with van der Waals surface area (Å²) in [6, 6.07) is 7.73. The highest BCUT2D eigenvalue weighted by molar-refractivity contribution is 5.84. The van der Waals surface area contributed by atoms with E-state index in [-0.39, 0.29) is 18.7 Å². The van der Waals surface area contributed by atoms with Crippen molar-refractivity contribution >= 4 is 22.9 Å². The third-order valence-electron chi connectivity index (χ3n) is 6.30. The van der Waals surface area contributed by atoms with Gasteiger partial charge in [0.15, 0.2) is 23.3 Å². The van der Waals surface area contributed by atoms with Gasteiger partial charge >= 0.3 is 0 Å². The summed E-state index contributed by atoms with van der Waals surface area (Å²) in [7, 11) is 0. The summed E-state index contributed by atoms with van der Waals surface area (Å²) in [6.45, 7) is 7.64. The number of nitrogens with zero attached hydrogens (tertiary/aromatic N) is 6. The van der Waals surface area contributed by atoms with Gasteiger partial charge in [0.2, 0.25) is 5.95 Å². The number of hydrogen-bond donors (Lipinski definition) is 3. The molecule has 0 spiro atoms. The van der Waals surface area contributed by atoms with Gasteiger partial charge in [0.05, 0.1) is 43.6 Å². The molecular formula is C26H32N8O3. The van der Waals surface area contributed by atoms with E-state index in [1.165, 1.54) is 0 Å². The molecule has 1 atom stereocenters. The molecule has 0 aromatic carbocycles. The maximum atomic E-state index is 9.68. The molecule has 11 nitrogen and oxygen atoms in total. The third kappa shape index (κ3) is 5.38. The quantitative estimate of drug-likeness (QED) is 0.294. The third-order valence-corrected chi connectivity index (χ3v) is 6.30. The van der Waals surface area contributed by atoms with E-state index < -0.39 is 6.29 Å². The number of hydrogen-bond acceptors (Lipinski definition) is 10. The number of pyridine rings is 2. The Labute approximate surface area is 215 Å². The van der Waals surface area contributed by atoms with Gasteiger partial charge in [0.25, 0.3) is 0 Å². The van der Waals surface area contributed by atoms with Crippen LogP contribution in [0.5, 0.6) is 0 Å². The molecule has 5 heterocycles. The summed E-state index contributed by atoms with van der Waals surface area (Å²) in [5.74, 6) is 1.03. The van der Waals surface area contributed by atoms with E-state index in [0.717, 1.165) is 28.9 Å². The zero-order valence-electron chi connectivity index (χ0n) is 21.3. The van der Waals surface area contributed by atoms with Gasteiger partial charge in [0, 0.05) is 30.5 Å². The molecule has 194 valence electrons. The van der Waals surface area contributed by atoms with Crippen LogP contribution in [0.1, 0.15) is 50.7 Å². The predicted octanol–water partition coefficient (Wildman–Crippen LogP) is 3.70. The number of aliphatic hydroxyl groups excluding tert-OH is 1. The SMILES string of the molecule is CC[C@H](CO)Nc1nc(NCc2cnc(-c3ccccn3)cc2C2OCCO2)c2ncn(C(C)C)c2n1. The van der Waals surface area contributed by atoms with E-state index in [9.17, 15) is 5.11 Å². The van der Waals surface area contributed by atoms with Gasteiger partial charge in [-0.3, -0.25) is 9.97 Å². The normalized spacial score (nSPS) is 14.9. The number of nitrogens with one attached hydrogen (secondary N) is 2. The summed E-state index contributed by atoms with van der Waals surface area (Å²) in [4.78, 5) is 23.1. The first-order valence-electron chi connectivity index (χ1n) is 12.6. The minimum atomic E-state index is -0.472. The summed E-state index contributed by atoms with van der Waals surface area (Å²) in [6.07, 6.45) is 5.61. The van der Waals surface area contributed by atoms with Gasteiger partial charge in [-0.25, -0.2) is 4.98 Å². The van der Waals surface area contributed by atoms with Crippen LogP contribution in [0.2, 0.25) is 0 Å². The van der Waals surface area contributed by atoms with Crippen molar-refractivity contribution in [2.45, 2.75) is 52.1 Å². The van der Waals surface area contributed by atoms with Crippen molar-refractivity contribution in [3.8, 4) is 11.4 Å². The summed E-state index contributed by atoms with van der Waals surface area (Å²) in [5.41, 5.74) is 4.72. The van der Waals surface area contributed by atoms with Crippen LogP contribution in [-0.4, -0.2) is 60.5 Å².